The van der Waals surface area contributed by atoms with E-state index in [4.69, 9.17) is 4.42 Å². The molecular weight excluding hydrogens is 474 g/mol. The molecule has 1 amide bonds. The summed E-state index contributed by atoms with van der Waals surface area (Å²) in [4.78, 5) is 42.8. The van der Waals surface area contributed by atoms with Crippen LogP contribution in [0.3, 0.4) is 0 Å². The molecule has 30 heavy (non-hydrogen) atoms. The smallest absolute Gasteiger partial charge is 0.297 e. The molecule has 5 rings (SSSR count). The quantitative estimate of drug-likeness (QED) is 0.309. The van der Waals surface area contributed by atoms with Crippen LogP contribution in [0.15, 0.2) is 67.7 Å². The maximum absolute atomic E-state index is 13.4. The molecule has 3 heterocycles. The monoisotopic (exact) mass is 483 g/mol. The Morgan fingerprint density at radius 2 is 1.93 bits per heavy atom. The lowest BCUT2D eigenvalue weighted by Gasteiger charge is -2.22. The number of benzene rings is 2. The van der Waals surface area contributed by atoms with Gasteiger partial charge < -0.3 is 4.42 Å². The first-order chi connectivity index (χ1) is 14.5. The van der Waals surface area contributed by atoms with E-state index in [1.165, 1.54) is 40.5 Å². The summed E-state index contributed by atoms with van der Waals surface area (Å²) in [5.74, 6) is -0.529. The Kier molecular flexibility index (Phi) is 4.26. The number of nitro groups is 1. The number of fused-ring (bicyclic) bond motifs is 2. The Labute approximate surface area is 180 Å². The van der Waals surface area contributed by atoms with Crippen molar-refractivity contribution >= 4 is 55.0 Å². The Balaban J connectivity index is 1.79. The van der Waals surface area contributed by atoms with E-state index in [2.05, 4.69) is 20.9 Å². The second-order valence-electron chi connectivity index (χ2n) is 6.56. The van der Waals surface area contributed by atoms with Crippen molar-refractivity contribution in [3.8, 4) is 0 Å². The molecule has 0 saturated carbocycles. The van der Waals surface area contributed by atoms with Gasteiger partial charge in [0.25, 0.3) is 11.6 Å². The number of anilines is 1. The lowest BCUT2D eigenvalue weighted by molar-refractivity contribution is -0.384. The van der Waals surface area contributed by atoms with Crippen LogP contribution in [0.5, 0.6) is 0 Å². The minimum Gasteiger partial charge on any atom is -0.450 e. The van der Waals surface area contributed by atoms with E-state index in [0.29, 0.717) is 26.1 Å². The lowest BCUT2D eigenvalue weighted by atomic mass is 9.98. The van der Waals surface area contributed by atoms with Gasteiger partial charge in [-0.05, 0) is 35.9 Å². The third kappa shape index (κ3) is 2.76. The number of halogens is 1. The molecule has 0 radical (unpaired) electrons. The second kappa shape index (κ2) is 6.85. The van der Waals surface area contributed by atoms with Gasteiger partial charge in [0.05, 0.1) is 21.9 Å². The molecule has 1 aliphatic rings. The van der Waals surface area contributed by atoms with Gasteiger partial charge in [-0.3, -0.25) is 24.6 Å². The average Bonchev–Trinajstić information content (AvgIpc) is 3.35. The molecule has 2 aromatic carbocycles. The highest BCUT2D eigenvalue weighted by Gasteiger charge is 2.44. The number of nitro benzene ring substituents is 1. The standard InChI is InChI=1S/C20H10BrN3O5S/c21-11-3-6-14-13(9-11)17(25)15-16(10-1-4-12(5-2-10)24(27)28)23(19(26)18(15)29-14)20-22-7-8-30-20/h1-9,16H/t16-/m0/s1. The Morgan fingerprint density at radius 1 is 1.17 bits per heavy atom. The zero-order chi connectivity index (χ0) is 21.0. The summed E-state index contributed by atoms with van der Waals surface area (Å²) in [6, 6.07) is 9.95. The molecule has 148 valence electrons. The van der Waals surface area contributed by atoms with Crippen molar-refractivity contribution in [3.63, 3.8) is 0 Å². The van der Waals surface area contributed by atoms with E-state index in [0.717, 1.165) is 0 Å². The predicted octanol–water partition coefficient (Wildman–Crippen LogP) is 4.67. The molecule has 0 N–H and O–H groups in total. The Morgan fingerprint density at radius 3 is 2.60 bits per heavy atom. The number of amides is 1. The fourth-order valence-corrected chi connectivity index (χ4v) is 4.60. The van der Waals surface area contributed by atoms with Gasteiger partial charge in [0.1, 0.15) is 5.58 Å². The van der Waals surface area contributed by atoms with E-state index in [1.54, 1.807) is 29.8 Å². The highest BCUT2D eigenvalue weighted by molar-refractivity contribution is 9.10. The first-order valence-electron chi connectivity index (χ1n) is 8.69. The maximum atomic E-state index is 13.4. The van der Waals surface area contributed by atoms with Crippen LogP contribution in [0.4, 0.5) is 10.8 Å². The number of carbonyl (C=O) groups excluding carboxylic acids is 1. The number of aromatic nitrogens is 1. The van der Waals surface area contributed by atoms with Gasteiger partial charge in [-0.1, -0.05) is 15.9 Å². The van der Waals surface area contributed by atoms with Gasteiger partial charge in [0, 0.05) is 28.2 Å². The van der Waals surface area contributed by atoms with Crippen molar-refractivity contribution in [2.75, 3.05) is 4.90 Å². The van der Waals surface area contributed by atoms with Crippen molar-refractivity contribution in [3.05, 3.63) is 95.7 Å². The van der Waals surface area contributed by atoms with E-state index in [1.807, 2.05) is 0 Å². The highest BCUT2D eigenvalue weighted by atomic mass is 79.9. The summed E-state index contributed by atoms with van der Waals surface area (Å²) >= 11 is 4.60. The summed E-state index contributed by atoms with van der Waals surface area (Å²) in [6.45, 7) is 0. The molecule has 0 saturated heterocycles. The van der Waals surface area contributed by atoms with Gasteiger partial charge in [0.2, 0.25) is 5.76 Å². The van der Waals surface area contributed by atoms with E-state index >= 15 is 0 Å². The predicted molar refractivity (Wildman–Crippen MR) is 114 cm³/mol. The Hall–Kier alpha value is -3.37. The number of rotatable bonds is 3. The van der Waals surface area contributed by atoms with Crippen molar-refractivity contribution < 1.29 is 14.1 Å². The molecule has 10 heteroatoms. The van der Waals surface area contributed by atoms with Crippen molar-refractivity contribution in [1.29, 1.82) is 0 Å². The second-order valence-corrected chi connectivity index (χ2v) is 8.34. The molecule has 0 bridgehead atoms. The number of hydrogen-bond donors (Lipinski definition) is 0. The van der Waals surface area contributed by atoms with Gasteiger partial charge in [-0.15, -0.1) is 11.3 Å². The molecule has 0 aliphatic carbocycles. The fourth-order valence-electron chi connectivity index (χ4n) is 3.57. The number of non-ortho nitro benzene ring substituents is 1. The molecule has 2 aromatic heterocycles. The van der Waals surface area contributed by atoms with Crippen LogP contribution in [0.2, 0.25) is 0 Å². The molecule has 0 fully saturated rings. The largest absolute Gasteiger partial charge is 0.450 e. The first-order valence-corrected chi connectivity index (χ1v) is 10.4. The van der Waals surface area contributed by atoms with Gasteiger partial charge >= 0.3 is 0 Å². The van der Waals surface area contributed by atoms with Crippen LogP contribution in [0.1, 0.15) is 27.7 Å². The molecule has 0 spiro atoms. The molecular formula is C20H10BrN3O5S. The van der Waals surface area contributed by atoms with E-state index in [9.17, 15) is 19.7 Å². The molecule has 1 aliphatic heterocycles. The maximum Gasteiger partial charge on any atom is 0.297 e. The van der Waals surface area contributed by atoms with Crippen LogP contribution in [0, 0.1) is 10.1 Å². The summed E-state index contributed by atoms with van der Waals surface area (Å²) in [5, 5.41) is 13.5. The summed E-state index contributed by atoms with van der Waals surface area (Å²) in [7, 11) is 0. The number of carbonyl (C=O) groups is 1. The first kappa shape index (κ1) is 18.6. The van der Waals surface area contributed by atoms with Crippen molar-refractivity contribution in [2.45, 2.75) is 6.04 Å². The SMILES string of the molecule is O=C1c2oc3ccc(Br)cc3c(=O)c2[C@H](c2ccc([N+](=O)[O-])cc2)N1c1nccs1. The minimum absolute atomic E-state index is 0.0478. The summed E-state index contributed by atoms with van der Waals surface area (Å²) in [6.07, 6.45) is 1.56. The third-order valence-corrected chi connectivity index (χ3v) is 6.14. The topological polar surface area (TPSA) is 107 Å². The normalized spacial score (nSPS) is 15.6. The zero-order valence-corrected chi connectivity index (χ0v) is 17.3. The highest BCUT2D eigenvalue weighted by Crippen LogP contribution is 2.42. The molecule has 8 nitrogen and oxygen atoms in total. The third-order valence-electron chi connectivity index (χ3n) is 4.88. The van der Waals surface area contributed by atoms with Crippen molar-refractivity contribution in [2.24, 2.45) is 0 Å². The van der Waals surface area contributed by atoms with Gasteiger partial charge in [0.15, 0.2) is 10.6 Å². The lowest BCUT2D eigenvalue weighted by Crippen LogP contribution is -2.29. The van der Waals surface area contributed by atoms with E-state index in [-0.39, 0.29) is 22.4 Å². The van der Waals surface area contributed by atoms with E-state index < -0.39 is 16.9 Å². The van der Waals surface area contributed by atoms with Crippen LogP contribution in [-0.2, 0) is 0 Å². The number of nitrogens with zero attached hydrogens (tertiary/aromatic N) is 3. The number of hydrogen-bond acceptors (Lipinski definition) is 7. The zero-order valence-electron chi connectivity index (χ0n) is 14.9. The molecule has 4 aromatic rings. The van der Waals surface area contributed by atoms with Gasteiger partial charge in [-0.2, -0.15) is 0 Å². The average molecular weight is 484 g/mol. The van der Waals surface area contributed by atoms with Gasteiger partial charge in [-0.25, -0.2) is 4.98 Å². The molecule has 1 atom stereocenters. The van der Waals surface area contributed by atoms with Crippen LogP contribution in [-0.4, -0.2) is 15.8 Å². The molecule has 0 unspecified atom stereocenters. The minimum atomic E-state index is -0.806. The summed E-state index contributed by atoms with van der Waals surface area (Å²) < 4.78 is 6.55. The fraction of sp³-hybridized carbons (Fsp3) is 0.0500. The van der Waals surface area contributed by atoms with Crippen LogP contribution < -0.4 is 10.3 Å². The van der Waals surface area contributed by atoms with Crippen molar-refractivity contribution in [1.82, 2.24) is 4.98 Å². The Bertz CT molecular complexity index is 1380. The number of thiazole rings is 1. The van der Waals surface area contributed by atoms with Crippen LogP contribution in [0.25, 0.3) is 11.0 Å². The summed E-state index contributed by atoms with van der Waals surface area (Å²) in [5.41, 5.74) is 0.625. The van der Waals surface area contributed by atoms with Crippen LogP contribution >= 0.6 is 27.3 Å².